The molecule has 0 saturated carbocycles. The quantitative estimate of drug-likeness (QED) is 0.0936. The maximum atomic E-state index is 12.8. The van der Waals surface area contributed by atoms with Gasteiger partial charge in [0.15, 0.2) is 0 Å². The van der Waals surface area contributed by atoms with E-state index in [2.05, 4.69) is 30.6 Å². The van der Waals surface area contributed by atoms with E-state index in [1.807, 2.05) is 100 Å². The molecule has 2 heterocycles. The molecule has 0 radical (unpaired) electrons. The largest absolute Gasteiger partial charge is 0.378 e. The molecule has 246 valence electrons. The van der Waals surface area contributed by atoms with Crippen LogP contribution in [0, 0.1) is 11.8 Å². The first-order chi connectivity index (χ1) is 23.0. The second-order valence-corrected chi connectivity index (χ2v) is 12.9. The molecule has 6 rings (SSSR count). The van der Waals surface area contributed by atoms with Gasteiger partial charge in [0.05, 0.1) is 24.0 Å². The number of amides is 2. The van der Waals surface area contributed by atoms with Gasteiger partial charge >= 0.3 is 0 Å². The van der Waals surface area contributed by atoms with Gasteiger partial charge in [-0.15, -0.1) is 0 Å². The maximum absolute atomic E-state index is 12.8. The Balaban J connectivity index is 1.07. The lowest BCUT2D eigenvalue weighted by atomic mass is 9.80. The Labute approximate surface area is 278 Å². The summed E-state index contributed by atoms with van der Waals surface area (Å²) in [5, 5.41) is 32.6. The van der Waals surface area contributed by atoms with Crippen molar-refractivity contribution < 1.29 is 19.8 Å². The lowest BCUT2D eigenvalue weighted by Crippen LogP contribution is -2.33. The van der Waals surface area contributed by atoms with Crippen LogP contribution in [0.1, 0.15) is 63.1 Å². The van der Waals surface area contributed by atoms with Gasteiger partial charge in [-0.2, -0.15) is 0 Å². The number of aromatic nitrogens is 4. The normalized spacial score (nSPS) is 14.2. The van der Waals surface area contributed by atoms with Crippen LogP contribution < -0.4 is 10.6 Å². The summed E-state index contributed by atoms with van der Waals surface area (Å²) in [5.74, 6) is -0.771. The maximum Gasteiger partial charge on any atom is 0.224 e. The highest BCUT2D eigenvalue weighted by Crippen LogP contribution is 2.38. The van der Waals surface area contributed by atoms with Crippen molar-refractivity contribution in [3.05, 3.63) is 120 Å². The van der Waals surface area contributed by atoms with Gasteiger partial charge in [0.1, 0.15) is 11.2 Å². The summed E-state index contributed by atoms with van der Waals surface area (Å²) in [6.45, 7) is 7.81. The number of hydrogen-bond donors (Lipinski definition) is 6. The first kappa shape index (κ1) is 32.6. The number of anilines is 2. The van der Waals surface area contributed by atoms with Crippen LogP contribution in [0.2, 0.25) is 0 Å². The van der Waals surface area contributed by atoms with E-state index in [0.717, 1.165) is 32.7 Å². The monoisotopic (exact) mass is 644 g/mol. The highest BCUT2D eigenvalue weighted by Gasteiger charge is 2.38. The molecule has 0 fully saturated rings. The third-order valence-electron chi connectivity index (χ3n) is 9.16. The minimum absolute atomic E-state index is 0.0197. The van der Waals surface area contributed by atoms with Gasteiger partial charge in [0, 0.05) is 36.6 Å². The fraction of sp³-hybridized carbons (Fsp3) is 0.263. The summed E-state index contributed by atoms with van der Waals surface area (Å²) in [6, 6.07) is 22.6. The zero-order valence-corrected chi connectivity index (χ0v) is 27.4. The van der Waals surface area contributed by atoms with Gasteiger partial charge in [-0.05, 0) is 80.9 Å². The number of rotatable bonds is 11. The van der Waals surface area contributed by atoms with Gasteiger partial charge in [0.25, 0.3) is 0 Å². The molecule has 0 aliphatic rings. The van der Waals surface area contributed by atoms with Gasteiger partial charge in [-0.1, -0.05) is 64.1 Å². The van der Waals surface area contributed by atoms with Crippen LogP contribution in [-0.4, -0.2) is 42.0 Å². The smallest absolute Gasteiger partial charge is 0.224 e. The molecule has 0 saturated heterocycles. The molecular weight excluding hydrogens is 604 g/mol. The van der Waals surface area contributed by atoms with E-state index >= 15 is 0 Å². The molecule has 0 aliphatic heterocycles. The molecule has 0 aliphatic carbocycles. The standard InChI is InChI=1S/C38H40N6O4/c1-23(2)37(47,33-19-39-21-41-33)29-9-5-27-17-31(11-7-25(27)15-29)43-35(45)13-14-36(46)44-32-12-8-26-16-30(10-6-28(26)18-32)38(48,24(3)4)34-20-40-22-42-34/h5-12,15-24,47-48H,13-14H2,1-4H3,(H,39,41)(H,40,42)(H,43,45)(H,44,46). The third kappa shape index (κ3) is 6.20. The third-order valence-corrected chi connectivity index (χ3v) is 9.16. The van der Waals surface area contributed by atoms with E-state index in [1.165, 1.54) is 0 Å². The molecule has 2 aromatic heterocycles. The number of nitrogens with zero attached hydrogens (tertiary/aromatic N) is 2. The minimum Gasteiger partial charge on any atom is -0.378 e. The van der Waals surface area contributed by atoms with E-state index in [1.54, 1.807) is 25.0 Å². The molecule has 0 spiro atoms. The van der Waals surface area contributed by atoms with Crippen LogP contribution in [0.4, 0.5) is 11.4 Å². The summed E-state index contributed by atoms with van der Waals surface area (Å²) >= 11 is 0. The number of hydrogen-bond acceptors (Lipinski definition) is 6. The van der Waals surface area contributed by atoms with Crippen molar-refractivity contribution in [1.82, 2.24) is 19.9 Å². The van der Waals surface area contributed by atoms with E-state index < -0.39 is 11.2 Å². The second-order valence-electron chi connectivity index (χ2n) is 12.9. The van der Waals surface area contributed by atoms with Gasteiger partial charge in [0.2, 0.25) is 11.8 Å². The Morgan fingerprint density at radius 1 is 0.625 bits per heavy atom. The number of carbonyl (C=O) groups is 2. The molecule has 48 heavy (non-hydrogen) atoms. The molecule has 2 unspecified atom stereocenters. The minimum atomic E-state index is -1.25. The lowest BCUT2D eigenvalue weighted by Gasteiger charge is -2.31. The summed E-state index contributed by atoms with van der Waals surface area (Å²) in [6.07, 6.45) is 6.57. The van der Waals surface area contributed by atoms with E-state index in [9.17, 15) is 19.8 Å². The van der Waals surface area contributed by atoms with Crippen LogP contribution in [0.5, 0.6) is 0 Å². The van der Waals surface area contributed by atoms with Crippen molar-refractivity contribution in [2.45, 2.75) is 51.7 Å². The Bertz CT molecular complexity index is 1920. The van der Waals surface area contributed by atoms with Crippen molar-refractivity contribution >= 4 is 44.7 Å². The zero-order valence-electron chi connectivity index (χ0n) is 27.4. The van der Waals surface area contributed by atoms with Crippen LogP contribution in [0.25, 0.3) is 21.5 Å². The van der Waals surface area contributed by atoms with Crippen LogP contribution in [0.3, 0.4) is 0 Å². The predicted molar refractivity (Wildman–Crippen MR) is 187 cm³/mol. The molecule has 2 atom stereocenters. The second kappa shape index (κ2) is 13.1. The molecule has 6 aromatic rings. The van der Waals surface area contributed by atoms with Crippen molar-refractivity contribution in [3.8, 4) is 0 Å². The van der Waals surface area contributed by atoms with Crippen molar-refractivity contribution in [2.24, 2.45) is 11.8 Å². The van der Waals surface area contributed by atoms with Crippen LogP contribution in [-0.2, 0) is 20.8 Å². The Kier molecular flexibility index (Phi) is 8.87. The first-order valence-corrected chi connectivity index (χ1v) is 16.1. The van der Waals surface area contributed by atoms with Gasteiger partial charge < -0.3 is 30.8 Å². The van der Waals surface area contributed by atoms with E-state index in [4.69, 9.17) is 0 Å². The predicted octanol–water partition coefficient (Wildman–Crippen LogP) is 6.58. The van der Waals surface area contributed by atoms with Crippen LogP contribution >= 0.6 is 0 Å². The number of benzene rings is 4. The first-order valence-electron chi connectivity index (χ1n) is 16.1. The van der Waals surface area contributed by atoms with E-state index in [0.29, 0.717) is 22.8 Å². The average molecular weight is 645 g/mol. The Morgan fingerprint density at radius 3 is 1.35 bits per heavy atom. The topological polar surface area (TPSA) is 156 Å². The summed E-state index contributed by atoms with van der Waals surface area (Å²) in [5.41, 5.74) is 1.33. The molecule has 6 N–H and O–H groups in total. The summed E-state index contributed by atoms with van der Waals surface area (Å²) in [7, 11) is 0. The molecule has 4 aromatic carbocycles. The highest BCUT2D eigenvalue weighted by atomic mass is 16.3. The highest BCUT2D eigenvalue weighted by molar-refractivity contribution is 5.99. The summed E-state index contributed by atoms with van der Waals surface area (Å²) < 4.78 is 0. The lowest BCUT2D eigenvalue weighted by molar-refractivity contribution is -0.121. The summed E-state index contributed by atoms with van der Waals surface area (Å²) in [4.78, 5) is 40.0. The Morgan fingerprint density at radius 2 is 1.00 bits per heavy atom. The molecule has 2 amide bonds. The number of fused-ring (bicyclic) bond motifs is 2. The number of aromatic amines is 2. The molecular formula is C38H40N6O4. The molecule has 10 heteroatoms. The average Bonchev–Trinajstić information content (AvgIpc) is 3.82. The van der Waals surface area contributed by atoms with Gasteiger partial charge in [-0.25, -0.2) is 9.97 Å². The van der Waals surface area contributed by atoms with Crippen molar-refractivity contribution in [3.63, 3.8) is 0 Å². The number of nitrogens with one attached hydrogen (secondary N) is 4. The molecule has 10 nitrogen and oxygen atoms in total. The SMILES string of the molecule is CC(C)C(O)(c1ccc2cc(NC(=O)CCC(=O)Nc3ccc4cc(C(O)(c5c[nH]cn5)C(C)C)ccc4c3)ccc2c1)c1c[nH]cn1. The zero-order chi connectivity index (χ0) is 34.1. The van der Waals surface area contributed by atoms with E-state index in [-0.39, 0.29) is 36.5 Å². The van der Waals surface area contributed by atoms with Crippen LogP contribution in [0.15, 0.2) is 97.8 Å². The number of carbonyl (C=O) groups excluding carboxylic acids is 2. The van der Waals surface area contributed by atoms with Gasteiger partial charge in [-0.3, -0.25) is 9.59 Å². The fourth-order valence-corrected chi connectivity index (χ4v) is 6.29. The number of H-pyrrole nitrogens is 2. The Hall–Kier alpha value is -5.32. The number of imidazole rings is 2. The number of aliphatic hydroxyl groups is 2. The van der Waals surface area contributed by atoms with Crippen molar-refractivity contribution in [2.75, 3.05) is 10.6 Å². The fourth-order valence-electron chi connectivity index (χ4n) is 6.29. The molecule has 0 bridgehead atoms. The van der Waals surface area contributed by atoms with Crippen molar-refractivity contribution in [1.29, 1.82) is 0 Å².